The number of nitrogens with zero attached hydrogens (tertiary/aromatic N) is 4. The number of thiophene rings is 1. The highest BCUT2D eigenvalue weighted by Gasteiger charge is 2.38. The lowest BCUT2D eigenvalue weighted by Gasteiger charge is -2.09. The summed E-state index contributed by atoms with van der Waals surface area (Å²) in [7, 11) is 0. The summed E-state index contributed by atoms with van der Waals surface area (Å²) in [5.74, 6) is -1.79. The molecule has 1 atom stereocenters. The highest BCUT2D eigenvalue weighted by Crippen LogP contribution is 2.34. The second-order valence-corrected chi connectivity index (χ2v) is 6.62. The van der Waals surface area contributed by atoms with E-state index in [0.29, 0.717) is 17.0 Å². The minimum absolute atomic E-state index is 0.129. The number of carbonyl (C=O) groups is 1. The maximum Gasteiger partial charge on any atom is 0.471 e. The zero-order valence-electron chi connectivity index (χ0n) is 14.0. The van der Waals surface area contributed by atoms with Crippen LogP contribution in [-0.4, -0.2) is 32.4 Å². The van der Waals surface area contributed by atoms with Gasteiger partial charge in [0.2, 0.25) is 5.82 Å². The number of amides is 1. The van der Waals surface area contributed by atoms with Gasteiger partial charge >= 0.3 is 12.1 Å². The summed E-state index contributed by atoms with van der Waals surface area (Å²) < 4.78 is 43.6. The number of carbonyl (C=O) groups excluding carboxylic acids is 1. The third-order valence-electron chi connectivity index (χ3n) is 3.59. The van der Waals surface area contributed by atoms with Crippen LogP contribution in [0.15, 0.2) is 41.7 Å². The minimum atomic E-state index is -4.68. The topological polar surface area (TPSA) is 85.8 Å². The standard InChI is InChI=1S/C16H14F3N5O2S/c1-3-6-20-14(25)10-7-21-24(8-10)9(2)11-4-5-12(27-11)13-22-15(26-23-13)16(17,18)19/h3-5,7-9H,1,6H2,2H3,(H,20,25). The van der Waals surface area contributed by atoms with Crippen molar-refractivity contribution in [1.29, 1.82) is 0 Å². The van der Waals surface area contributed by atoms with E-state index in [1.165, 1.54) is 17.5 Å². The molecule has 1 amide bonds. The Morgan fingerprint density at radius 2 is 2.26 bits per heavy atom. The smallest absolute Gasteiger partial charge is 0.348 e. The lowest BCUT2D eigenvalue weighted by Crippen LogP contribution is -2.22. The number of halogens is 3. The summed E-state index contributed by atoms with van der Waals surface area (Å²) in [6.45, 7) is 5.73. The summed E-state index contributed by atoms with van der Waals surface area (Å²) in [5.41, 5.74) is 0.397. The Kier molecular flexibility index (Phi) is 5.13. The van der Waals surface area contributed by atoms with E-state index in [-0.39, 0.29) is 17.8 Å². The van der Waals surface area contributed by atoms with Gasteiger partial charge in [0.1, 0.15) is 0 Å². The van der Waals surface area contributed by atoms with E-state index in [0.717, 1.165) is 4.88 Å². The molecule has 1 N–H and O–H groups in total. The quantitative estimate of drug-likeness (QED) is 0.643. The molecule has 0 aliphatic heterocycles. The van der Waals surface area contributed by atoms with Crippen molar-refractivity contribution >= 4 is 17.2 Å². The first-order valence-electron chi connectivity index (χ1n) is 7.74. The average molecular weight is 397 g/mol. The monoisotopic (exact) mass is 397 g/mol. The summed E-state index contributed by atoms with van der Waals surface area (Å²) in [6, 6.07) is 3.12. The van der Waals surface area contributed by atoms with Crippen molar-refractivity contribution in [1.82, 2.24) is 25.2 Å². The second kappa shape index (κ2) is 7.35. The largest absolute Gasteiger partial charge is 0.471 e. The number of hydrogen-bond donors (Lipinski definition) is 1. The second-order valence-electron chi connectivity index (χ2n) is 5.51. The molecule has 3 aromatic heterocycles. The van der Waals surface area contributed by atoms with E-state index in [4.69, 9.17) is 0 Å². The molecule has 1 unspecified atom stereocenters. The molecule has 0 saturated heterocycles. The van der Waals surface area contributed by atoms with E-state index in [1.54, 1.807) is 29.1 Å². The molecule has 0 spiro atoms. The van der Waals surface area contributed by atoms with Crippen molar-refractivity contribution in [2.45, 2.75) is 19.1 Å². The van der Waals surface area contributed by atoms with Gasteiger partial charge in [-0.25, -0.2) is 0 Å². The molecule has 27 heavy (non-hydrogen) atoms. The molecule has 0 bridgehead atoms. The number of hydrogen-bond acceptors (Lipinski definition) is 6. The van der Waals surface area contributed by atoms with Crippen molar-refractivity contribution in [2.24, 2.45) is 0 Å². The van der Waals surface area contributed by atoms with Crippen LogP contribution in [0.3, 0.4) is 0 Å². The highest BCUT2D eigenvalue weighted by molar-refractivity contribution is 7.15. The van der Waals surface area contributed by atoms with Crippen molar-refractivity contribution in [3.8, 4) is 10.7 Å². The zero-order valence-corrected chi connectivity index (χ0v) is 14.8. The molecular formula is C16H14F3N5O2S. The van der Waals surface area contributed by atoms with Crippen LogP contribution >= 0.6 is 11.3 Å². The molecule has 0 aromatic carbocycles. The number of alkyl halides is 3. The Bertz CT molecular complexity index is 959. The minimum Gasteiger partial charge on any atom is -0.348 e. The molecule has 0 aliphatic rings. The van der Waals surface area contributed by atoms with E-state index in [1.807, 2.05) is 6.92 Å². The maximum atomic E-state index is 12.6. The number of rotatable bonds is 6. The lowest BCUT2D eigenvalue weighted by atomic mass is 10.2. The third-order valence-corrected chi connectivity index (χ3v) is 4.85. The maximum absolute atomic E-state index is 12.6. The molecule has 0 fully saturated rings. The van der Waals surface area contributed by atoms with E-state index in [2.05, 4.69) is 31.7 Å². The van der Waals surface area contributed by atoms with Gasteiger partial charge in [0.05, 0.1) is 22.7 Å². The van der Waals surface area contributed by atoms with E-state index >= 15 is 0 Å². The van der Waals surface area contributed by atoms with Crippen LogP contribution in [0.4, 0.5) is 13.2 Å². The summed E-state index contributed by atoms with van der Waals surface area (Å²) in [4.78, 5) is 16.5. The van der Waals surface area contributed by atoms with Gasteiger partial charge in [-0.3, -0.25) is 9.48 Å². The van der Waals surface area contributed by atoms with Crippen molar-refractivity contribution < 1.29 is 22.5 Å². The van der Waals surface area contributed by atoms with E-state index < -0.39 is 12.1 Å². The van der Waals surface area contributed by atoms with Gasteiger partial charge in [0.15, 0.2) is 0 Å². The van der Waals surface area contributed by atoms with Gasteiger partial charge in [0.25, 0.3) is 5.91 Å². The molecule has 0 aliphatic carbocycles. The van der Waals surface area contributed by atoms with Gasteiger partial charge in [-0.05, 0) is 19.1 Å². The molecular weight excluding hydrogens is 383 g/mol. The fourth-order valence-electron chi connectivity index (χ4n) is 2.20. The first kappa shape index (κ1) is 18.8. The first-order valence-corrected chi connectivity index (χ1v) is 8.55. The van der Waals surface area contributed by atoms with Gasteiger partial charge in [-0.15, -0.1) is 17.9 Å². The Morgan fingerprint density at radius 1 is 1.48 bits per heavy atom. The molecule has 0 radical (unpaired) electrons. The SMILES string of the molecule is C=CCNC(=O)c1cnn(C(C)c2ccc(-c3noc(C(F)(F)F)n3)s2)c1. The van der Waals surface area contributed by atoms with Crippen LogP contribution in [0.25, 0.3) is 10.7 Å². The Morgan fingerprint density at radius 3 is 2.93 bits per heavy atom. The lowest BCUT2D eigenvalue weighted by molar-refractivity contribution is -0.159. The Labute approximate surface area is 155 Å². The molecule has 7 nitrogen and oxygen atoms in total. The highest BCUT2D eigenvalue weighted by atomic mass is 32.1. The van der Waals surface area contributed by atoms with Crippen molar-refractivity contribution in [3.63, 3.8) is 0 Å². The van der Waals surface area contributed by atoms with Gasteiger partial charge in [0, 0.05) is 17.6 Å². The summed E-state index contributed by atoms with van der Waals surface area (Å²) in [6.07, 6.45) is -0.0760. The average Bonchev–Trinajstić information content (AvgIpc) is 3.37. The predicted molar refractivity (Wildman–Crippen MR) is 91.2 cm³/mol. The fourth-order valence-corrected chi connectivity index (χ4v) is 3.18. The van der Waals surface area contributed by atoms with Crippen LogP contribution in [0.5, 0.6) is 0 Å². The number of aromatic nitrogens is 4. The van der Waals surface area contributed by atoms with Crippen LogP contribution in [0, 0.1) is 0 Å². The van der Waals surface area contributed by atoms with Gasteiger partial charge in [-0.2, -0.15) is 23.3 Å². The predicted octanol–water partition coefficient (Wildman–Crippen LogP) is 3.54. The Hall–Kier alpha value is -2.95. The molecule has 3 heterocycles. The summed E-state index contributed by atoms with van der Waals surface area (Å²) in [5, 5.41) is 10.2. The van der Waals surface area contributed by atoms with Gasteiger partial charge in [-0.1, -0.05) is 11.2 Å². The van der Waals surface area contributed by atoms with Crippen molar-refractivity contribution in [2.75, 3.05) is 6.54 Å². The first-order chi connectivity index (χ1) is 12.8. The van der Waals surface area contributed by atoms with Crippen LogP contribution < -0.4 is 5.32 Å². The van der Waals surface area contributed by atoms with Crippen molar-refractivity contribution in [3.05, 3.63) is 53.5 Å². The molecule has 11 heteroatoms. The van der Waals surface area contributed by atoms with Gasteiger partial charge < -0.3 is 9.84 Å². The molecule has 142 valence electrons. The third kappa shape index (κ3) is 4.08. The fraction of sp³-hybridized carbons (Fsp3) is 0.250. The zero-order chi connectivity index (χ0) is 19.6. The molecule has 3 rings (SSSR count). The molecule has 0 saturated carbocycles. The van der Waals surface area contributed by atoms with Crippen LogP contribution in [-0.2, 0) is 6.18 Å². The summed E-state index contributed by atoms with van der Waals surface area (Å²) >= 11 is 1.22. The normalized spacial score (nSPS) is 12.7. The Balaban J connectivity index is 1.76. The van der Waals surface area contributed by atoms with Crippen LogP contribution in [0.2, 0.25) is 0 Å². The van der Waals surface area contributed by atoms with Crippen LogP contribution in [0.1, 0.15) is 34.1 Å². The number of nitrogens with one attached hydrogen (secondary N) is 1. The molecule has 3 aromatic rings. The van der Waals surface area contributed by atoms with E-state index in [9.17, 15) is 18.0 Å².